The quantitative estimate of drug-likeness (QED) is 0.649. The first-order chi connectivity index (χ1) is 7.26. The van der Waals surface area contributed by atoms with Crippen molar-refractivity contribution in [3.05, 3.63) is 12.4 Å². The molecule has 15 heavy (non-hydrogen) atoms. The summed E-state index contributed by atoms with van der Waals surface area (Å²) in [6, 6.07) is 1.90. The van der Waals surface area contributed by atoms with Gasteiger partial charge in [-0.15, -0.1) is 0 Å². The van der Waals surface area contributed by atoms with Crippen LogP contribution in [0.3, 0.4) is 0 Å². The number of rotatable bonds is 6. The lowest BCUT2D eigenvalue weighted by Crippen LogP contribution is -2.20. The average Bonchev–Trinajstić information content (AvgIpc) is 2.27. The maximum absolute atomic E-state index is 5.53. The lowest BCUT2D eigenvalue weighted by Gasteiger charge is -2.11. The summed E-state index contributed by atoms with van der Waals surface area (Å²) in [7, 11) is 0. The number of hydrogen-bond acceptors (Lipinski definition) is 5. The molecule has 5 heteroatoms. The van der Waals surface area contributed by atoms with Crippen molar-refractivity contribution in [3.8, 4) is 0 Å². The fourth-order valence-corrected chi connectivity index (χ4v) is 1.09. The van der Waals surface area contributed by atoms with E-state index in [4.69, 9.17) is 5.73 Å². The Balaban J connectivity index is 2.50. The van der Waals surface area contributed by atoms with Crippen LogP contribution in [0, 0.1) is 5.92 Å². The van der Waals surface area contributed by atoms with Crippen LogP contribution < -0.4 is 16.4 Å². The molecule has 1 atom stereocenters. The molecule has 1 heterocycles. The second-order valence-electron chi connectivity index (χ2n) is 3.54. The van der Waals surface area contributed by atoms with Crippen LogP contribution in [0.4, 0.5) is 11.6 Å². The lowest BCUT2D eigenvalue weighted by molar-refractivity contribution is 0.627. The highest BCUT2D eigenvalue weighted by Crippen LogP contribution is 2.08. The molecule has 1 rings (SSSR count). The molecule has 1 aromatic heterocycles. The molecule has 0 spiro atoms. The first-order valence-corrected chi connectivity index (χ1v) is 5.26. The molecule has 0 fully saturated rings. The summed E-state index contributed by atoms with van der Waals surface area (Å²) < 4.78 is 0. The molecule has 5 nitrogen and oxygen atoms in total. The second kappa shape index (κ2) is 6.19. The minimum absolute atomic E-state index is 0.447. The van der Waals surface area contributed by atoms with Gasteiger partial charge >= 0.3 is 0 Å². The van der Waals surface area contributed by atoms with Crippen molar-refractivity contribution in [2.24, 2.45) is 11.7 Å². The van der Waals surface area contributed by atoms with Gasteiger partial charge in [0.05, 0.1) is 0 Å². The van der Waals surface area contributed by atoms with Crippen molar-refractivity contribution in [2.45, 2.75) is 13.8 Å². The van der Waals surface area contributed by atoms with Crippen LogP contribution >= 0.6 is 0 Å². The number of hydrogen-bond donors (Lipinski definition) is 3. The molecule has 1 unspecified atom stereocenters. The van der Waals surface area contributed by atoms with E-state index in [2.05, 4.69) is 27.5 Å². The molecule has 0 aliphatic heterocycles. The van der Waals surface area contributed by atoms with E-state index in [1.54, 1.807) is 6.33 Å². The molecule has 0 bridgehead atoms. The van der Waals surface area contributed by atoms with E-state index in [0.717, 1.165) is 24.7 Å². The Morgan fingerprint density at radius 2 is 2.00 bits per heavy atom. The molecule has 1 aromatic rings. The first-order valence-electron chi connectivity index (χ1n) is 5.26. The van der Waals surface area contributed by atoms with Crippen LogP contribution in [0.25, 0.3) is 0 Å². The van der Waals surface area contributed by atoms with Gasteiger partial charge in [-0.05, 0) is 19.4 Å². The highest BCUT2D eigenvalue weighted by Gasteiger charge is 2.00. The third-order valence-corrected chi connectivity index (χ3v) is 2.06. The molecule has 4 N–H and O–H groups in total. The number of nitrogens with two attached hydrogens (primary N) is 1. The SMILES string of the molecule is CCNc1cc(NCC(C)CN)ncn1. The van der Waals surface area contributed by atoms with Crippen molar-refractivity contribution < 1.29 is 0 Å². The second-order valence-corrected chi connectivity index (χ2v) is 3.54. The van der Waals surface area contributed by atoms with Gasteiger partial charge < -0.3 is 16.4 Å². The van der Waals surface area contributed by atoms with Gasteiger partial charge in [-0.2, -0.15) is 0 Å². The predicted octanol–water partition coefficient (Wildman–Crippen LogP) is 0.915. The van der Waals surface area contributed by atoms with Crippen LogP contribution in [0.2, 0.25) is 0 Å². The number of aromatic nitrogens is 2. The monoisotopic (exact) mass is 209 g/mol. The average molecular weight is 209 g/mol. The van der Waals surface area contributed by atoms with E-state index < -0.39 is 0 Å². The fraction of sp³-hybridized carbons (Fsp3) is 0.600. The molecular weight excluding hydrogens is 190 g/mol. The number of nitrogens with one attached hydrogen (secondary N) is 2. The highest BCUT2D eigenvalue weighted by molar-refractivity contribution is 5.46. The molecule has 0 aromatic carbocycles. The summed E-state index contributed by atoms with van der Waals surface area (Å²) in [4.78, 5) is 8.21. The molecule has 0 amide bonds. The normalized spacial score (nSPS) is 12.2. The Morgan fingerprint density at radius 3 is 2.60 bits per heavy atom. The zero-order valence-corrected chi connectivity index (χ0v) is 9.33. The van der Waals surface area contributed by atoms with E-state index in [9.17, 15) is 0 Å². The largest absolute Gasteiger partial charge is 0.370 e. The molecule has 84 valence electrons. The molecule has 0 saturated carbocycles. The molecule has 0 saturated heterocycles. The molecule has 0 aliphatic carbocycles. The Morgan fingerprint density at radius 1 is 1.33 bits per heavy atom. The standard InChI is InChI=1S/C10H19N5/c1-3-12-9-4-10(15-7-14-9)13-6-8(2)5-11/h4,7-8H,3,5-6,11H2,1-2H3,(H2,12,13,14,15). The van der Waals surface area contributed by atoms with Gasteiger partial charge in [-0.25, -0.2) is 9.97 Å². The highest BCUT2D eigenvalue weighted by atomic mass is 15.1. The van der Waals surface area contributed by atoms with Crippen molar-refractivity contribution in [1.82, 2.24) is 9.97 Å². The van der Waals surface area contributed by atoms with Gasteiger partial charge in [0.25, 0.3) is 0 Å². The third kappa shape index (κ3) is 4.12. The van der Waals surface area contributed by atoms with Crippen molar-refractivity contribution in [3.63, 3.8) is 0 Å². The van der Waals surface area contributed by atoms with E-state index >= 15 is 0 Å². The van der Waals surface area contributed by atoms with Crippen LogP contribution in [0.15, 0.2) is 12.4 Å². The molecule has 0 aliphatic rings. The zero-order valence-electron chi connectivity index (χ0n) is 9.33. The summed E-state index contributed by atoms with van der Waals surface area (Å²) >= 11 is 0. The van der Waals surface area contributed by atoms with Crippen LogP contribution in [0.5, 0.6) is 0 Å². The topological polar surface area (TPSA) is 75.9 Å². The summed E-state index contributed by atoms with van der Waals surface area (Å²) in [6.45, 7) is 6.50. The minimum Gasteiger partial charge on any atom is -0.370 e. The van der Waals surface area contributed by atoms with E-state index in [1.807, 2.05) is 13.0 Å². The maximum Gasteiger partial charge on any atom is 0.131 e. The Hall–Kier alpha value is -1.36. The van der Waals surface area contributed by atoms with Crippen molar-refractivity contribution in [2.75, 3.05) is 30.3 Å². The number of anilines is 2. The Bertz CT molecular complexity index is 289. The van der Waals surface area contributed by atoms with Crippen molar-refractivity contribution >= 4 is 11.6 Å². The van der Waals surface area contributed by atoms with Gasteiger partial charge in [0, 0.05) is 19.2 Å². The minimum atomic E-state index is 0.447. The van der Waals surface area contributed by atoms with E-state index in [0.29, 0.717) is 12.5 Å². The fourth-order valence-electron chi connectivity index (χ4n) is 1.09. The number of nitrogens with zero attached hydrogens (tertiary/aromatic N) is 2. The maximum atomic E-state index is 5.53. The van der Waals surface area contributed by atoms with E-state index in [-0.39, 0.29) is 0 Å². The smallest absolute Gasteiger partial charge is 0.131 e. The van der Waals surface area contributed by atoms with Gasteiger partial charge in [0.1, 0.15) is 18.0 Å². The predicted molar refractivity (Wildman–Crippen MR) is 62.9 cm³/mol. The zero-order chi connectivity index (χ0) is 11.1. The van der Waals surface area contributed by atoms with Crippen LogP contribution in [-0.4, -0.2) is 29.6 Å². The van der Waals surface area contributed by atoms with Crippen LogP contribution in [-0.2, 0) is 0 Å². The Labute approximate surface area is 90.5 Å². The summed E-state index contributed by atoms with van der Waals surface area (Å²) in [5, 5.41) is 6.36. The summed E-state index contributed by atoms with van der Waals surface area (Å²) in [6.07, 6.45) is 1.55. The lowest BCUT2D eigenvalue weighted by atomic mass is 10.2. The van der Waals surface area contributed by atoms with Crippen LogP contribution in [0.1, 0.15) is 13.8 Å². The van der Waals surface area contributed by atoms with Gasteiger partial charge in [-0.1, -0.05) is 6.92 Å². The van der Waals surface area contributed by atoms with Gasteiger partial charge in [-0.3, -0.25) is 0 Å². The first kappa shape index (κ1) is 11.7. The summed E-state index contributed by atoms with van der Waals surface area (Å²) in [5.74, 6) is 2.12. The summed E-state index contributed by atoms with van der Waals surface area (Å²) in [5.41, 5.74) is 5.53. The van der Waals surface area contributed by atoms with Gasteiger partial charge in [0.15, 0.2) is 0 Å². The van der Waals surface area contributed by atoms with Gasteiger partial charge in [0.2, 0.25) is 0 Å². The molecule has 0 radical (unpaired) electrons. The third-order valence-electron chi connectivity index (χ3n) is 2.06. The Kier molecular flexibility index (Phi) is 4.83. The van der Waals surface area contributed by atoms with E-state index in [1.165, 1.54) is 0 Å². The van der Waals surface area contributed by atoms with Crippen molar-refractivity contribution in [1.29, 1.82) is 0 Å². The molecular formula is C10H19N5.